The van der Waals surface area contributed by atoms with Gasteiger partial charge in [-0.25, -0.2) is 5.90 Å². The number of aryl methyl sites for hydroxylation is 1. The van der Waals surface area contributed by atoms with Crippen LogP contribution in [0.1, 0.15) is 18.4 Å². The standard InChI is InChI=1S/C12H17BrN2O/c1-9-8-10(13)2-3-12(9)15-6-4-11(16-14)5-7-15/h2-3,8,11H,4-7,14H2,1H3. The molecule has 2 N–H and O–H groups in total. The van der Waals surface area contributed by atoms with E-state index in [4.69, 9.17) is 10.7 Å². The SMILES string of the molecule is Cc1cc(Br)ccc1N1CCC(ON)CC1. The zero-order valence-corrected chi connectivity index (χ0v) is 11.0. The molecule has 1 heterocycles. The Morgan fingerprint density at radius 3 is 2.62 bits per heavy atom. The molecule has 0 unspecified atom stereocenters. The van der Waals surface area contributed by atoms with Crippen LogP contribution < -0.4 is 10.8 Å². The maximum absolute atomic E-state index is 5.21. The highest BCUT2D eigenvalue weighted by Crippen LogP contribution is 2.26. The van der Waals surface area contributed by atoms with Crippen molar-refractivity contribution >= 4 is 21.6 Å². The Hall–Kier alpha value is -0.580. The Morgan fingerprint density at radius 1 is 1.38 bits per heavy atom. The van der Waals surface area contributed by atoms with Crippen LogP contribution in [0.25, 0.3) is 0 Å². The van der Waals surface area contributed by atoms with E-state index in [9.17, 15) is 0 Å². The van der Waals surface area contributed by atoms with Crippen LogP contribution in [0.4, 0.5) is 5.69 Å². The van der Waals surface area contributed by atoms with Crippen molar-refractivity contribution < 1.29 is 4.84 Å². The third-order valence-electron chi connectivity index (χ3n) is 3.13. The lowest BCUT2D eigenvalue weighted by Crippen LogP contribution is -2.38. The fourth-order valence-electron chi connectivity index (χ4n) is 2.21. The van der Waals surface area contributed by atoms with Crippen molar-refractivity contribution in [3.05, 3.63) is 28.2 Å². The maximum Gasteiger partial charge on any atom is 0.0821 e. The van der Waals surface area contributed by atoms with Crippen LogP contribution >= 0.6 is 15.9 Å². The quantitative estimate of drug-likeness (QED) is 0.849. The number of nitrogens with two attached hydrogens (primary N) is 1. The second-order valence-electron chi connectivity index (χ2n) is 4.25. The number of hydrogen-bond acceptors (Lipinski definition) is 3. The van der Waals surface area contributed by atoms with Gasteiger partial charge in [-0.05, 0) is 43.5 Å². The fourth-order valence-corrected chi connectivity index (χ4v) is 2.68. The largest absolute Gasteiger partial charge is 0.371 e. The first kappa shape index (κ1) is 11.9. The molecule has 1 aliphatic rings. The molecule has 1 saturated heterocycles. The van der Waals surface area contributed by atoms with E-state index in [1.165, 1.54) is 11.3 Å². The molecule has 0 amide bonds. The van der Waals surface area contributed by atoms with Gasteiger partial charge in [-0.15, -0.1) is 0 Å². The molecular formula is C12H17BrN2O. The minimum absolute atomic E-state index is 0.229. The first-order valence-electron chi connectivity index (χ1n) is 5.57. The lowest BCUT2D eigenvalue weighted by Gasteiger charge is -2.33. The lowest BCUT2D eigenvalue weighted by molar-refractivity contribution is 0.0367. The minimum atomic E-state index is 0.229. The van der Waals surface area contributed by atoms with Crippen LogP contribution in [0.15, 0.2) is 22.7 Å². The van der Waals surface area contributed by atoms with E-state index in [0.29, 0.717) is 0 Å². The van der Waals surface area contributed by atoms with E-state index in [1.807, 2.05) is 0 Å². The summed E-state index contributed by atoms with van der Waals surface area (Å²) in [7, 11) is 0. The fraction of sp³-hybridized carbons (Fsp3) is 0.500. The van der Waals surface area contributed by atoms with Crippen LogP contribution in [-0.2, 0) is 4.84 Å². The highest BCUT2D eigenvalue weighted by molar-refractivity contribution is 9.10. The van der Waals surface area contributed by atoms with E-state index < -0.39 is 0 Å². The Bertz CT molecular complexity index is 362. The van der Waals surface area contributed by atoms with Gasteiger partial charge in [0.05, 0.1) is 6.10 Å². The zero-order valence-electron chi connectivity index (χ0n) is 9.45. The molecule has 1 aromatic carbocycles. The van der Waals surface area contributed by atoms with Crippen molar-refractivity contribution in [1.29, 1.82) is 0 Å². The van der Waals surface area contributed by atoms with Gasteiger partial charge < -0.3 is 9.74 Å². The Morgan fingerprint density at radius 2 is 2.06 bits per heavy atom. The van der Waals surface area contributed by atoms with E-state index in [0.717, 1.165) is 30.4 Å². The second kappa shape index (κ2) is 5.17. The van der Waals surface area contributed by atoms with Crippen molar-refractivity contribution in [3.8, 4) is 0 Å². The summed E-state index contributed by atoms with van der Waals surface area (Å²) in [5, 5.41) is 0. The first-order valence-corrected chi connectivity index (χ1v) is 6.36. The van der Waals surface area contributed by atoms with Gasteiger partial charge >= 0.3 is 0 Å². The molecule has 0 aliphatic carbocycles. The number of hydrogen-bond donors (Lipinski definition) is 1. The molecule has 1 aromatic rings. The molecule has 16 heavy (non-hydrogen) atoms. The summed E-state index contributed by atoms with van der Waals surface area (Å²) in [6.45, 7) is 4.18. The molecule has 1 aliphatic heterocycles. The molecule has 0 aromatic heterocycles. The van der Waals surface area contributed by atoms with Crippen LogP contribution in [0.3, 0.4) is 0 Å². The summed E-state index contributed by atoms with van der Waals surface area (Å²) in [6.07, 6.45) is 2.24. The van der Waals surface area contributed by atoms with Crippen LogP contribution in [-0.4, -0.2) is 19.2 Å². The van der Waals surface area contributed by atoms with Gasteiger partial charge in [-0.2, -0.15) is 0 Å². The normalized spacial score (nSPS) is 17.8. The monoisotopic (exact) mass is 284 g/mol. The van der Waals surface area contributed by atoms with Gasteiger partial charge in [0, 0.05) is 23.2 Å². The topological polar surface area (TPSA) is 38.5 Å². The summed E-state index contributed by atoms with van der Waals surface area (Å²) in [5.41, 5.74) is 2.63. The van der Waals surface area contributed by atoms with Gasteiger partial charge in [0.15, 0.2) is 0 Å². The molecule has 88 valence electrons. The average Bonchev–Trinajstić information content (AvgIpc) is 2.29. The number of anilines is 1. The first-order chi connectivity index (χ1) is 7.70. The van der Waals surface area contributed by atoms with E-state index in [-0.39, 0.29) is 6.10 Å². The molecule has 0 saturated carbocycles. The van der Waals surface area contributed by atoms with Crippen LogP contribution in [0.5, 0.6) is 0 Å². The van der Waals surface area contributed by atoms with Gasteiger partial charge in [-0.3, -0.25) is 0 Å². The predicted molar refractivity (Wildman–Crippen MR) is 69.4 cm³/mol. The number of benzene rings is 1. The maximum atomic E-state index is 5.21. The molecule has 0 spiro atoms. The highest BCUT2D eigenvalue weighted by Gasteiger charge is 2.20. The molecule has 0 radical (unpaired) electrons. The van der Waals surface area contributed by atoms with Crippen LogP contribution in [0.2, 0.25) is 0 Å². The van der Waals surface area contributed by atoms with Gasteiger partial charge in [0.1, 0.15) is 0 Å². The predicted octanol–water partition coefficient (Wildman–Crippen LogP) is 2.62. The lowest BCUT2D eigenvalue weighted by atomic mass is 10.1. The summed E-state index contributed by atoms with van der Waals surface area (Å²) in [6, 6.07) is 6.41. The molecule has 1 fully saturated rings. The smallest absolute Gasteiger partial charge is 0.0821 e. The van der Waals surface area contributed by atoms with Crippen molar-refractivity contribution in [1.82, 2.24) is 0 Å². The van der Waals surface area contributed by atoms with Crippen molar-refractivity contribution in [2.75, 3.05) is 18.0 Å². The van der Waals surface area contributed by atoms with Crippen molar-refractivity contribution in [3.63, 3.8) is 0 Å². The number of nitrogens with zero attached hydrogens (tertiary/aromatic N) is 1. The number of rotatable bonds is 2. The Labute approximate surface area is 105 Å². The summed E-state index contributed by atoms with van der Waals surface area (Å²) >= 11 is 3.49. The van der Waals surface area contributed by atoms with Crippen molar-refractivity contribution in [2.45, 2.75) is 25.9 Å². The average molecular weight is 285 g/mol. The summed E-state index contributed by atoms with van der Waals surface area (Å²) in [4.78, 5) is 7.29. The molecular weight excluding hydrogens is 268 g/mol. The van der Waals surface area contributed by atoms with Crippen LogP contribution in [0, 0.1) is 6.92 Å². The summed E-state index contributed by atoms with van der Waals surface area (Å²) in [5.74, 6) is 5.21. The molecule has 3 nitrogen and oxygen atoms in total. The highest BCUT2D eigenvalue weighted by atomic mass is 79.9. The molecule has 2 rings (SSSR count). The molecule has 0 atom stereocenters. The second-order valence-corrected chi connectivity index (χ2v) is 5.17. The van der Waals surface area contributed by atoms with Gasteiger partial charge in [0.2, 0.25) is 0 Å². The summed E-state index contributed by atoms with van der Waals surface area (Å²) < 4.78 is 1.13. The zero-order chi connectivity index (χ0) is 11.5. The van der Waals surface area contributed by atoms with Crippen molar-refractivity contribution in [2.24, 2.45) is 5.90 Å². The molecule has 0 bridgehead atoms. The molecule has 4 heteroatoms. The van der Waals surface area contributed by atoms with E-state index in [1.54, 1.807) is 0 Å². The Kier molecular flexibility index (Phi) is 3.84. The third kappa shape index (κ3) is 2.56. The minimum Gasteiger partial charge on any atom is -0.371 e. The third-order valence-corrected chi connectivity index (χ3v) is 3.63. The van der Waals surface area contributed by atoms with Gasteiger partial charge in [0.25, 0.3) is 0 Å². The van der Waals surface area contributed by atoms with E-state index >= 15 is 0 Å². The Balaban J connectivity index is 2.08. The number of piperidine rings is 1. The van der Waals surface area contributed by atoms with E-state index in [2.05, 4.69) is 46.0 Å². The number of halogens is 1. The van der Waals surface area contributed by atoms with Gasteiger partial charge in [-0.1, -0.05) is 15.9 Å².